The number of nitrogens with zero attached hydrogens (tertiary/aromatic N) is 1. The second-order valence-corrected chi connectivity index (χ2v) is 4.59. The minimum absolute atomic E-state index is 0.328. The van der Waals surface area contributed by atoms with Crippen LogP contribution in [0.3, 0.4) is 0 Å². The smallest absolute Gasteiger partial charge is 0.258 e. The van der Waals surface area contributed by atoms with Gasteiger partial charge in [-0.2, -0.15) is 0 Å². The molecule has 0 aliphatic carbocycles. The first-order valence-corrected chi connectivity index (χ1v) is 6.01. The van der Waals surface area contributed by atoms with Crippen molar-refractivity contribution in [3.8, 4) is 0 Å². The molecule has 1 amide bonds. The van der Waals surface area contributed by atoms with E-state index < -0.39 is 0 Å². The van der Waals surface area contributed by atoms with E-state index in [2.05, 4.69) is 10.3 Å². The number of pyridine rings is 1. The number of carbonyl (C=O) groups is 1. The van der Waals surface area contributed by atoms with Crippen LogP contribution in [0.15, 0.2) is 36.5 Å². The van der Waals surface area contributed by atoms with Crippen molar-refractivity contribution in [2.45, 2.75) is 6.92 Å². The average molecular weight is 281 g/mol. The number of rotatable bonds is 2. The van der Waals surface area contributed by atoms with Crippen molar-refractivity contribution in [1.29, 1.82) is 0 Å². The zero-order chi connectivity index (χ0) is 13.1. The lowest BCUT2D eigenvalue weighted by molar-refractivity contribution is 0.102. The summed E-state index contributed by atoms with van der Waals surface area (Å²) in [6, 6.07) is 8.41. The second-order valence-electron chi connectivity index (χ2n) is 3.75. The molecule has 0 radical (unpaired) electrons. The molecule has 0 spiro atoms. The molecular formula is C13H10Cl2N2O. The van der Waals surface area contributed by atoms with Crippen molar-refractivity contribution in [3.63, 3.8) is 0 Å². The lowest BCUT2D eigenvalue weighted by Crippen LogP contribution is -2.14. The molecule has 2 rings (SSSR count). The molecule has 0 fully saturated rings. The molecule has 0 saturated heterocycles. The number of amides is 1. The molecule has 0 atom stereocenters. The Morgan fingerprint density at radius 3 is 2.78 bits per heavy atom. The summed E-state index contributed by atoms with van der Waals surface area (Å²) in [5.41, 5.74) is 1.21. The lowest BCUT2D eigenvalue weighted by atomic mass is 10.2. The number of carbonyl (C=O) groups excluding carboxylic acids is 1. The summed E-state index contributed by atoms with van der Waals surface area (Å²) in [4.78, 5) is 16.1. The predicted octanol–water partition coefficient (Wildman–Crippen LogP) is 3.95. The highest BCUT2D eigenvalue weighted by Crippen LogP contribution is 2.22. The molecule has 1 N–H and O–H groups in total. The van der Waals surface area contributed by atoms with E-state index >= 15 is 0 Å². The van der Waals surface area contributed by atoms with Crippen LogP contribution >= 0.6 is 23.2 Å². The topological polar surface area (TPSA) is 42.0 Å². The Balaban J connectivity index is 2.28. The highest BCUT2D eigenvalue weighted by Gasteiger charge is 2.12. The Hall–Kier alpha value is -1.58. The fraction of sp³-hybridized carbons (Fsp3) is 0.0769. The molecule has 5 heteroatoms. The first-order chi connectivity index (χ1) is 8.58. The quantitative estimate of drug-likeness (QED) is 0.905. The van der Waals surface area contributed by atoms with Gasteiger partial charge in [-0.3, -0.25) is 4.79 Å². The SMILES string of the molecule is Cc1cccnc1NC(=O)c1cc(Cl)ccc1Cl. The fourth-order valence-electron chi connectivity index (χ4n) is 1.46. The summed E-state index contributed by atoms with van der Waals surface area (Å²) in [7, 11) is 0. The van der Waals surface area contributed by atoms with Crippen molar-refractivity contribution in [3.05, 3.63) is 57.7 Å². The summed E-state index contributed by atoms with van der Waals surface area (Å²) < 4.78 is 0. The van der Waals surface area contributed by atoms with Gasteiger partial charge >= 0.3 is 0 Å². The van der Waals surface area contributed by atoms with Gasteiger partial charge in [0, 0.05) is 11.2 Å². The van der Waals surface area contributed by atoms with E-state index in [-0.39, 0.29) is 5.91 Å². The third-order valence-corrected chi connectivity index (χ3v) is 2.98. The maximum Gasteiger partial charge on any atom is 0.258 e. The van der Waals surface area contributed by atoms with Crippen LogP contribution in [0.25, 0.3) is 0 Å². The van der Waals surface area contributed by atoms with Crippen molar-refractivity contribution in [1.82, 2.24) is 4.98 Å². The van der Waals surface area contributed by atoms with Gasteiger partial charge in [-0.05, 0) is 36.8 Å². The largest absolute Gasteiger partial charge is 0.306 e. The number of aromatic nitrogens is 1. The molecule has 0 unspecified atom stereocenters. The Kier molecular flexibility index (Phi) is 3.84. The third-order valence-electron chi connectivity index (χ3n) is 2.41. The van der Waals surface area contributed by atoms with Crippen LogP contribution in [-0.4, -0.2) is 10.9 Å². The van der Waals surface area contributed by atoms with Crippen LogP contribution in [0.5, 0.6) is 0 Å². The standard InChI is InChI=1S/C13H10Cl2N2O/c1-8-3-2-6-16-12(8)17-13(18)10-7-9(14)4-5-11(10)15/h2-7H,1H3,(H,16,17,18). The number of benzene rings is 1. The number of hydrogen-bond donors (Lipinski definition) is 1. The van der Waals surface area contributed by atoms with Crippen molar-refractivity contribution >= 4 is 34.9 Å². The second kappa shape index (κ2) is 5.38. The zero-order valence-electron chi connectivity index (χ0n) is 9.58. The zero-order valence-corrected chi connectivity index (χ0v) is 11.1. The van der Waals surface area contributed by atoms with Crippen LogP contribution in [0, 0.1) is 6.92 Å². The van der Waals surface area contributed by atoms with Gasteiger partial charge in [0.15, 0.2) is 0 Å². The van der Waals surface area contributed by atoms with E-state index in [1.54, 1.807) is 24.4 Å². The molecule has 0 saturated carbocycles. The highest BCUT2D eigenvalue weighted by atomic mass is 35.5. The molecule has 2 aromatic rings. The first-order valence-electron chi connectivity index (χ1n) is 5.26. The normalized spacial score (nSPS) is 10.2. The summed E-state index contributed by atoms with van der Waals surface area (Å²) in [6.45, 7) is 1.86. The monoisotopic (exact) mass is 280 g/mol. The van der Waals surface area contributed by atoms with E-state index in [1.165, 1.54) is 6.07 Å². The molecule has 18 heavy (non-hydrogen) atoms. The predicted molar refractivity (Wildman–Crippen MR) is 73.4 cm³/mol. The van der Waals surface area contributed by atoms with E-state index in [0.29, 0.717) is 21.4 Å². The summed E-state index contributed by atoms with van der Waals surface area (Å²) >= 11 is 11.8. The van der Waals surface area contributed by atoms with Crippen LogP contribution in [0.2, 0.25) is 10.0 Å². The van der Waals surface area contributed by atoms with Crippen LogP contribution in [0.1, 0.15) is 15.9 Å². The fourth-order valence-corrected chi connectivity index (χ4v) is 1.84. The maximum absolute atomic E-state index is 12.0. The minimum atomic E-state index is -0.329. The Morgan fingerprint density at radius 1 is 1.28 bits per heavy atom. The molecule has 1 aromatic heterocycles. The van der Waals surface area contributed by atoms with Gasteiger partial charge in [0.05, 0.1) is 10.6 Å². The van der Waals surface area contributed by atoms with Gasteiger partial charge in [-0.1, -0.05) is 29.3 Å². The molecule has 1 aromatic carbocycles. The van der Waals surface area contributed by atoms with E-state index in [9.17, 15) is 4.79 Å². The molecule has 3 nitrogen and oxygen atoms in total. The van der Waals surface area contributed by atoms with Gasteiger partial charge in [-0.15, -0.1) is 0 Å². The summed E-state index contributed by atoms with van der Waals surface area (Å²) in [6.07, 6.45) is 1.61. The Labute approximate surface area is 115 Å². The maximum atomic E-state index is 12.0. The molecule has 92 valence electrons. The molecule has 0 aliphatic rings. The minimum Gasteiger partial charge on any atom is -0.306 e. The highest BCUT2D eigenvalue weighted by molar-refractivity contribution is 6.36. The number of nitrogens with one attached hydrogen (secondary N) is 1. The third kappa shape index (κ3) is 2.81. The molecular weight excluding hydrogens is 271 g/mol. The first kappa shape index (κ1) is 12.9. The van der Waals surface area contributed by atoms with Crippen LogP contribution < -0.4 is 5.32 Å². The van der Waals surface area contributed by atoms with Gasteiger partial charge in [0.25, 0.3) is 5.91 Å². The van der Waals surface area contributed by atoms with Crippen LogP contribution in [0.4, 0.5) is 5.82 Å². The van der Waals surface area contributed by atoms with E-state index in [1.807, 2.05) is 13.0 Å². The number of halogens is 2. The summed E-state index contributed by atoms with van der Waals surface area (Å²) in [5.74, 6) is 0.183. The Bertz CT molecular complexity index is 599. The Morgan fingerprint density at radius 2 is 2.06 bits per heavy atom. The number of anilines is 1. The van der Waals surface area contributed by atoms with E-state index in [0.717, 1.165) is 5.56 Å². The van der Waals surface area contributed by atoms with E-state index in [4.69, 9.17) is 23.2 Å². The van der Waals surface area contributed by atoms with Gasteiger partial charge < -0.3 is 5.32 Å². The molecule has 0 bridgehead atoms. The van der Waals surface area contributed by atoms with Gasteiger partial charge in [-0.25, -0.2) is 4.98 Å². The average Bonchev–Trinajstić information content (AvgIpc) is 2.35. The van der Waals surface area contributed by atoms with Crippen molar-refractivity contribution in [2.24, 2.45) is 0 Å². The van der Waals surface area contributed by atoms with Crippen molar-refractivity contribution in [2.75, 3.05) is 5.32 Å². The molecule has 0 aliphatic heterocycles. The van der Waals surface area contributed by atoms with Crippen LogP contribution in [-0.2, 0) is 0 Å². The van der Waals surface area contributed by atoms with Gasteiger partial charge in [0.1, 0.15) is 5.82 Å². The summed E-state index contributed by atoms with van der Waals surface area (Å²) in [5, 5.41) is 3.51. The van der Waals surface area contributed by atoms with Crippen molar-refractivity contribution < 1.29 is 4.79 Å². The number of hydrogen-bond acceptors (Lipinski definition) is 2. The lowest BCUT2D eigenvalue weighted by Gasteiger charge is -2.08. The molecule has 1 heterocycles. The number of aryl methyl sites for hydroxylation is 1. The van der Waals surface area contributed by atoms with Gasteiger partial charge in [0.2, 0.25) is 0 Å².